The van der Waals surface area contributed by atoms with Crippen LogP contribution in [0.5, 0.6) is 17.2 Å². The van der Waals surface area contributed by atoms with E-state index in [0.717, 1.165) is 12.0 Å². The molecule has 0 amide bonds. The average Bonchev–Trinajstić information content (AvgIpc) is 3.49. The number of esters is 1. The summed E-state index contributed by atoms with van der Waals surface area (Å²) in [5.41, 5.74) is 2.17. The van der Waals surface area contributed by atoms with Crippen molar-refractivity contribution in [3.8, 4) is 17.2 Å². The Balaban J connectivity index is 1.71. The fourth-order valence-corrected chi connectivity index (χ4v) is 5.81. The Morgan fingerprint density at radius 3 is 2.71 bits per heavy atom. The highest BCUT2D eigenvalue weighted by molar-refractivity contribution is 7.07. The first-order chi connectivity index (χ1) is 18.4. The van der Waals surface area contributed by atoms with Gasteiger partial charge in [0.05, 0.1) is 40.1 Å². The summed E-state index contributed by atoms with van der Waals surface area (Å²) in [5.74, 6) is 1.27. The van der Waals surface area contributed by atoms with Crippen molar-refractivity contribution in [1.82, 2.24) is 4.57 Å². The molecule has 1 aromatic heterocycles. The van der Waals surface area contributed by atoms with E-state index in [0.29, 0.717) is 61.5 Å². The number of ether oxygens (including phenoxy) is 4. The Morgan fingerprint density at radius 1 is 1.16 bits per heavy atom. The monoisotopic (exact) mass is 554 g/mol. The number of carbonyl (C=O) groups is 1. The molecule has 10 heteroatoms. The summed E-state index contributed by atoms with van der Waals surface area (Å²) in [4.78, 5) is 32.5. The molecule has 5 rings (SSSR count). The predicted octanol–water partition coefficient (Wildman–Crippen LogP) is 4.36. The lowest BCUT2D eigenvalue weighted by atomic mass is 9.94. The van der Waals surface area contributed by atoms with E-state index in [-0.39, 0.29) is 19.0 Å². The van der Waals surface area contributed by atoms with Gasteiger partial charge < -0.3 is 18.9 Å². The minimum absolute atomic E-state index is 0.119. The third-order valence-corrected chi connectivity index (χ3v) is 7.44. The molecule has 0 N–H and O–H groups in total. The third kappa shape index (κ3) is 4.83. The predicted molar refractivity (Wildman–Crippen MR) is 145 cm³/mol. The molecule has 0 fully saturated rings. The van der Waals surface area contributed by atoms with Crippen molar-refractivity contribution in [2.24, 2.45) is 4.99 Å². The van der Waals surface area contributed by atoms with Crippen LogP contribution in [0.4, 0.5) is 0 Å². The molecule has 2 aliphatic rings. The number of allylic oxidation sites excluding steroid dienone is 1. The second-order valence-electron chi connectivity index (χ2n) is 8.65. The molecule has 0 saturated carbocycles. The first kappa shape index (κ1) is 26.1. The SMILES string of the molecule is CCCC1=C(C(=O)OCC)[C@@H](c2ccc3c(c2)OCO3)n2c(s/c(=C\c3ccc(OCC)c(Cl)c3)c2=O)=N1. The van der Waals surface area contributed by atoms with Gasteiger partial charge in [0, 0.05) is 0 Å². The van der Waals surface area contributed by atoms with Gasteiger partial charge in [0.15, 0.2) is 16.3 Å². The number of rotatable bonds is 8. The maximum absolute atomic E-state index is 13.9. The third-order valence-electron chi connectivity index (χ3n) is 6.16. The fraction of sp³-hybridized carbons (Fsp3) is 0.321. The molecule has 0 unspecified atom stereocenters. The smallest absolute Gasteiger partial charge is 0.338 e. The first-order valence-electron chi connectivity index (χ1n) is 12.5. The zero-order valence-electron chi connectivity index (χ0n) is 21.3. The topological polar surface area (TPSA) is 88.4 Å². The van der Waals surface area contributed by atoms with Crippen LogP contribution in [-0.4, -0.2) is 30.5 Å². The zero-order chi connectivity index (χ0) is 26.8. The van der Waals surface area contributed by atoms with Crippen LogP contribution in [0.3, 0.4) is 0 Å². The van der Waals surface area contributed by atoms with Crippen molar-refractivity contribution in [1.29, 1.82) is 0 Å². The second kappa shape index (κ2) is 11.0. The van der Waals surface area contributed by atoms with Gasteiger partial charge in [0.2, 0.25) is 6.79 Å². The van der Waals surface area contributed by atoms with Gasteiger partial charge in [-0.25, -0.2) is 9.79 Å². The minimum Gasteiger partial charge on any atom is -0.492 e. The summed E-state index contributed by atoms with van der Waals surface area (Å²) in [6, 6.07) is 10.1. The number of nitrogens with zero attached hydrogens (tertiary/aromatic N) is 2. The Bertz CT molecular complexity index is 1610. The highest BCUT2D eigenvalue weighted by atomic mass is 35.5. The molecule has 3 heterocycles. The van der Waals surface area contributed by atoms with E-state index in [1.54, 1.807) is 35.8 Å². The molecule has 0 saturated heterocycles. The number of hydrogen-bond donors (Lipinski definition) is 0. The van der Waals surface area contributed by atoms with Crippen LogP contribution in [0.25, 0.3) is 6.08 Å². The van der Waals surface area contributed by atoms with Gasteiger partial charge in [0.25, 0.3) is 5.56 Å². The maximum atomic E-state index is 13.9. The van der Waals surface area contributed by atoms with Crippen molar-refractivity contribution in [2.75, 3.05) is 20.0 Å². The summed E-state index contributed by atoms with van der Waals surface area (Å²) in [6.07, 6.45) is 3.11. The Kier molecular flexibility index (Phi) is 7.58. The largest absolute Gasteiger partial charge is 0.492 e. The molecule has 8 nitrogen and oxygen atoms in total. The van der Waals surface area contributed by atoms with Crippen molar-refractivity contribution < 1.29 is 23.7 Å². The van der Waals surface area contributed by atoms with E-state index in [2.05, 4.69) is 0 Å². The van der Waals surface area contributed by atoms with Gasteiger partial charge >= 0.3 is 5.97 Å². The van der Waals surface area contributed by atoms with Crippen molar-refractivity contribution in [2.45, 2.75) is 39.7 Å². The molecule has 0 radical (unpaired) electrons. The van der Waals surface area contributed by atoms with Crippen LogP contribution in [0.1, 0.15) is 50.8 Å². The number of halogens is 1. The van der Waals surface area contributed by atoms with E-state index in [9.17, 15) is 9.59 Å². The van der Waals surface area contributed by atoms with E-state index in [1.807, 2.05) is 32.0 Å². The van der Waals surface area contributed by atoms with Crippen molar-refractivity contribution >= 4 is 35.0 Å². The van der Waals surface area contributed by atoms with Gasteiger partial charge in [-0.1, -0.05) is 48.4 Å². The van der Waals surface area contributed by atoms with Crippen LogP contribution in [0.2, 0.25) is 5.02 Å². The molecule has 198 valence electrons. The molecular weight excluding hydrogens is 528 g/mol. The average molecular weight is 555 g/mol. The Labute approximate surface area is 228 Å². The quantitative estimate of drug-likeness (QED) is 0.384. The zero-order valence-corrected chi connectivity index (χ0v) is 22.9. The van der Waals surface area contributed by atoms with E-state index in [4.69, 9.17) is 35.5 Å². The van der Waals surface area contributed by atoms with Crippen LogP contribution < -0.4 is 29.1 Å². The van der Waals surface area contributed by atoms with Crippen LogP contribution in [0, 0.1) is 0 Å². The van der Waals surface area contributed by atoms with E-state index >= 15 is 0 Å². The van der Waals surface area contributed by atoms with Gasteiger partial charge in [-0.3, -0.25) is 9.36 Å². The summed E-state index contributed by atoms with van der Waals surface area (Å²) in [7, 11) is 0. The lowest BCUT2D eigenvalue weighted by Gasteiger charge is -2.25. The molecule has 1 atom stereocenters. The number of carbonyl (C=O) groups excluding carboxylic acids is 1. The molecule has 38 heavy (non-hydrogen) atoms. The molecule has 2 aromatic carbocycles. The summed E-state index contributed by atoms with van der Waals surface area (Å²) >= 11 is 7.65. The highest BCUT2D eigenvalue weighted by Gasteiger charge is 2.35. The number of benzene rings is 2. The lowest BCUT2D eigenvalue weighted by Crippen LogP contribution is -2.40. The lowest BCUT2D eigenvalue weighted by molar-refractivity contribution is -0.139. The van der Waals surface area contributed by atoms with Crippen molar-refractivity contribution in [3.05, 3.63) is 83.5 Å². The second-order valence-corrected chi connectivity index (χ2v) is 10.1. The van der Waals surface area contributed by atoms with Gasteiger partial charge in [0.1, 0.15) is 5.75 Å². The molecule has 0 aliphatic carbocycles. The van der Waals surface area contributed by atoms with Crippen LogP contribution in [-0.2, 0) is 9.53 Å². The van der Waals surface area contributed by atoms with Gasteiger partial charge in [-0.05, 0) is 61.7 Å². The minimum atomic E-state index is -0.729. The summed E-state index contributed by atoms with van der Waals surface area (Å²) in [5, 5.41) is 0.460. The van der Waals surface area contributed by atoms with Gasteiger partial charge in [-0.15, -0.1) is 0 Å². The maximum Gasteiger partial charge on any atom is 0.338 e. The first-order valence-corrected chi connectivity index (χ1v) is 13.7. The number of fused-ring (bicyclic) bond motifs is 2. The highest BCUT2D eigenvalue weighted by Crippen LogP contribution is 2.39. The summed E-state index contributed by atoms with van der Waals surface area (Å²) in [6.45, 7) is 6.49. The Hall–Kier alpha value is -3.56. The number of thiazole rings is 1. The molecule has 3 aromatic rings. The molecule has 0 bridgehead atoms. The van der Waals surface area contributed by atoms with Gasteiger partial charge in [-0.2, -0.15) is 0 Å². The van der Waals surface area contributed by atoms with Crippen molar-refractivity contribution in [3.63, 3.8) is 0 Å². The normalized spacial score (nSPS) is 16.3. The van der Waals surface area contributed by atoms with E-state index in [1.165, 1.54) is 11.3 Å². The molecule has 2 aliphatic heterocycles. The van der Waals surface area contributed by atoms with Crippen LogP contribution >= 0.6 is 22.9 Å². The fourth-order valence-electron chi connectivity index (χ4n) is 4.55. The standard InChI is InChI=1S/C28H27ClN2O6S/c1-4-7-19-24(27(33)35-6-3)25(17-9-11-21-22(14-17)37-15-36-21)31-26(32)23(38-28(31)30-19)13-16-8-10-20(34-5-2)18(29)12-16/h8-14,25H,4-7,15H2,1-3H3/b23-13-/t25-/m1/s1. The molecule has 0 spiro atoms. The molecular formula is C28H27ClN2O6S. The number of hydrogen-bond acceptors (Lipinski definition) is 8. The summed E-state index contributed by atoms with van der Waals surface area (Å²) < 4.78 is 24.1. The number of aromatic nitrogens is 1. The van der Waals surface area contributed by atoms with Crippen LogP contribution in [0.15, 0.2) is 57.5 Å². The Morgan fingerprint density at radius 2 is 1.97 bits per heavy atom. The van der Waals surface area contributed by atoms with E-state index < -0.39 is 12.0 Å².